The maximum Gasteiger partial charge on any atom is 0.187 e. The molecule has 3 heteroatoms. The lowest BCUT2D eigenvalue weighted by molar-refractivity contribution is -0.135. The smallest absolute Gasteiger partial charge is 0.187 e. The van der Waals surface area contributed by atoms with Gasteiger partial charge in [-0.15, -0.1) is 0 Å². The molecule has 16 heavy (non-hydrogen) atoms. The Kier molecular flexibility index (Phi) is 3.25. The van der Waals surface area contributed by atoms with Gasteiger partial charge >= 0.3 is 0 Å². The number of carbonyl (C=O) groups excluding carboxylic acids is 1. The summed E-state index contributed by atoms with van der Waals surface area (Å²) in [5, 5.41) is 10.1. The molecular weight excluding hydrogens is 204 g/mol. The van der Waals surface area contributed by atoms with E-state index >= 15 is 0 Å². The lowest BCUT2D eigenvalue weighted by Crippen LogP contribution is -2.39. The van der Waals surface area contributed by atoms with Gasteiger partial charge < -0.3 is 9.52 Å². The zero-order valence-electron chi connectivity index (χ0n) is 9.19. The Morgan fingerprint density at radius 1 is 1.38 bits per heavy atom. The minimum Gasteiger partial charge on any atom is -0.465 e. The van der Waals surface area contributed by atoms with Crippen molar-refractivity contribution in [3.05, 3.63) is 30.2 Å². The second-order valence-corrected chi connectivity index (χ2v) is 4.31. The first-order valence-electron chi connectivity index (χ1n) is 5.69. The van der Waals surface area contributed by atoms with Crippen LogP contribution < -0.4 is 0 Å². The lowest BCUT2D eigenvalue weighted by Gasteiger charge is -2.29. The molecule has 1 heterocycles. The Bertz CT molecular complexity index is 370. The van der Waals surface area contributed by atoms with Crippen molar-refractivity contribution in [2.45, 2.75) is 37.7 Å². The summed E-state index contributed by atoms with van der Waals surface area (Å²) >= 11 is 0. The summed E-state index contributed by atoms with van der Waals surface area (Å²) in [6.07, 6.45) is 8.70. The molecular formula is C13H16O3. The number of carbonyl (C=O) groups is 1. The predicted octanol–water partition coefficient (Wildman–Crippen LogP) is 2.56. The summed E-state index contributed by atoms with van der Waals surface area (Å²) in [7, 11) is 0. The molecule has 1 N–H and O–H groups in total. The number of hydrogen-bond donors (Lipinski definition) is 1. The number of rotatable bonds is 3. The van der Waals surface area contributed by atoms with Gasteiger partial charge in [0.1, 0.15) is 11.4 Å². The number of hydrogen-bond acceptors (Lipinski definition) is 3. The molecule has 1 aliphatic rings. The third kappa shape index (κ3) is 2.42. The standard InChI is InChI=1S/C13H16O3/c14-12(7-6-11-5-4-10-16-11)13(15)8-2-1-3-9-13/h4-7,10,15H,1-3,8-9H2/b7-6+. The van der Waals surface area contributed by atoms with Crippen LogP contribution in [0.5, 0.6) is 0 Å². The van der Waals surface area contributed by atoms with E-state index in [1.165, 1.54) is 6.08 Å². The highest BCUT2D eigenvalue weighted by Crippen LogP contribution is 2.29. The number of furan rings is 1. The van der Waals surface area contributed by atoms with Gasteiger partial charge in [-0.1, -0.05) is 19.3 Å². The van der Waals surface area contributed by atoms with Crippen LogP contribution in [0.3, 0.4) is 0 Å². The van der Waals surface area contributed by atoms with Crippen molar-refractivity contribution in [2.24, 2.45) is 0 Å². The molecule has 1 aromatic heterocycles. The van der Waals surface area contributed by atoms with Crippen molar-refractivity contribution < 1.29 is 14.3 Å². The minimum atomic E-state index is -1.14. The molecule has 3 nitrogen and oxygen atoms in total. The van der Waals surface area contributed by atoms with Gasteiger partial charge in [0.25, 0.3) is 0 Å². The number of aliphatic hydroxyl groups is 1. The fraction of sp³-hybridized carbons (Fsp3) is 0.462. The predicted molar refractivity (Wildman–Crippen MR) is 60.8 cm³/mol. The van der Waals surface area contributed by atoms with Gasteiger partial charge in [0, 0.05) is 0 Å². The molecule has 1 fully saturated rings. The fourth-order valence-corrected chi connectivity index (χ4v) is 2.08. The van der Waals surface area contributed by atoms with Crippen LogP contribution in [-0.2, 0) is 4.79 Å². The van der Waals surface area contributed by atoms with Crippen molar-refractivity contribution in [2.75, 3.05) is 0 Å². The molecule has 0 atom stereocenters. The van der Waals surface area contributed by atoms with E-state index in [-0.39, 0.29) is 5.78 Å². The lowest BCUT2D eigenvalue weighted by atomic mass is 9.81. The molecule has 86 valence electrons. The first-order valence-corrected chi connectivity index (χ1v) is 5.69. The van der Waals surface area contributed by atoms with Gasteiger partial charge in [0.05, 0.1) is 6.26 Å². The first kappa shape index (κ1) is 11.1. The van der Waals surface area contributed by atoms with E-state index in [0.717, 1.165) is 19.3 Å². The van der Waals surface area contributed by atoms with Crippen molar-refractivity contribution >= 4 is 11.9 Å². The highest BCUT2D eigenvalue weighted by atomic mass is 16.3. The Balaban J connectivity index is 2.02. The molecule has 0 aromatic carbocycles. The molecule has 1 saturated carbocycles. The van der Waals surface area contributed by atoms with E-state index in [9.17, 15) is 9.90 Å². The zero-order valence-corrected chi connectivity index (χ0v) is 9.19. The van der Waals surface area contributed by atoms with Gasteiger partial charge in [-0.2, -0.15) is 0 Å². The monoisotopic (exact) mass is 220 g/mol. The third-order valence-electron chi connectivity index (χ3n) is 3.08. The maximum atomic E-state index is 11.8. The molecule has 0 bridgehead atoms. The summed E-state index contributed by atoms with van der Waals surface area (Å²) in [4.78, 5) is 11.8. The third-order valence-corrected chi connectivity index (χ3v) is 3.08. The SMILES string of the molecule is O=C(/C=C/c1ccco1)C1(O)CCCCC1. The summed E-state index contributed by atoms with van der Waals surface area (Å²) in [5.74, 6) is 0.427. The molecule has 0 radical (unpaired) electrons. The van der Waals surface area contributed by atoms with Crippen LogP contribution in [0, 0.1) is 0 Å². The Morgan fingerprint density at radius 2 is 2.12 bits per heavy atom. The van der Waals surface area contributed by atoms with Crippen molar-refractivity contribution in [1.82, 2.24) is 0 Å². The highest BCUT2D eigenvalue weighted by molar-refractivity contribution is 5.99. The van der Waals surface area contributed by atoms with E-state index < -0.39 is 5.60 Å². The van der Waals surface area contributed by atoms with E-state index in [1.807, 2.05) is 0 Å². The van der Waals surface area contributed by atoms with Gasteiger partial charge in [0.15, 0.2) is 5.78 Å². The first-order chi connectivity index (χ1) is 7.71. The van der Waals surface area contributed by atoms with Crippen molar-refractivity contribution in [1.29, 1.82) is 0 Å². The van der Waals surface area contributed by atoms with Crippen molar-refractivity contribution in [3.63, 3.8) is 0 Å². The quantitative estimate of drug-likeness (QED) is 0.796. The van der Waals surface area contributed by atoms with Crippen LogP contribution in [0.15, 0.2) is 28.9 Å². The van der Waals surface area contributed by atoms with E-state index in [1.54, 1.807) is 24.5 Å². The molecule has 0 amide bonds. The molecule has 0 unspecified atom stereocenters. The molecule has 2 rings (SSSR count). The summed E-state index contributed by atoms with van der Waals surface area (Å²) < 4.78 is 5.08. The average molecular weight is 220 g/mol. The normalized spacial score (nSPS) is 20.1. The van der Waals surface area contributed by atoms with Crippen LogP contribution in [0.25, 0.3) is 6.08 Å². The average Bonchev–Trinajstić information content (AvgIpc) is 2.79. The van der Waals surface area contributed by atoms with Crippen molar-refractivity contribution in [3.8, 4) is 0 Å². The molecule has 0 aliphatic heterocycles. The largest absolute Gasteiger partial charge is 0.465 e. The second-order valence-electron chi connectivity index (χ2n) is 4.31. The summed E-state index contributed by atoms with van der Waals surface area (Å²) in [6, 6.07) is 3.54. The molecule has 1 aromatic rings. The van der Waals surface area contributed by atoms with Crippen LogP contribution in [0.1, 0.15) is 37.9 Å². The molecule has 1 aliphatic carbocycles. The van der Waals surface area contributed by atoms with E-state index in [4.69, 9.17) is 4.42 Å². The molecule has 0 saturated heterocycles. The van der Waals surface area contributed by atoms with E-state index in [2.05, 4.69) is 0 Å². The van der Waals surface area contributed by atoms with Crippen LogP contribution >= 0.6 is 0 Å². The van der Waals surface area contributed by atoms with Crippen LogP contribution in [0.2, 0.25) is 0 Å². The molecule has 0 spiro atoms. The van der Waals surface area contributed by atoms with Gasteiger partial charge in [0.2, 0.25) is 0 Å². The Hall–Kier alpha value is -1.35. The second kappa shape index (κ2) is 4.66. The summed E-state index contributed by atoms with van der Waals surface area (Å²) in [6.45, 7) is 0. The van der Waals surface area contributed by atoms with E-state index in [0.29, 0.717) is 18.6 Å². The van der Waals surface area contributed by atoms with Gasteiger partial charge in [-0.3, -0.25) is 4.79 Å². The highest BCUT2D eigenvalue weighted by Gasteiger charge is 2.35. The summed E-state index contributed by atoms with van der Waals surface area (Å²) in [5.41, 5.74) is -1.14. The minimum absolute atomic E-state index is 0.205. The zero-order chi connectivity index (χ0) is 11.4. The Morgan fingerprint density at radius 3 is 2.75 bits per heavy atom. The van der Waals surface area contributed by atoms with Gasteiger partial charge in [-0.05, 0) is 37.1 Å². The maximum absolute atomic E-state index is 11.8. The van der Waals surface area contributed by atoms with Gasteiger partial charge in [-0.25, -0.2) is 0 Å². The van der Waals surface area contributed by atoms with Crippen LogP contribution in [0.4, 0.5) is 0 Å². The number of ketones is 1. The Labute approximate surface area is 94.8 Å². The van der Waals surface area contributed by atoms with Crippen LogP contribution in [-0.4, -0.2) is 16.5 Å². The topological polar surface area (TPSA) is 50.4 Å². The fourth-order valence-electron chi connectivity index (χ4n) is 2.08.